The number of hydrogen-bond acceptors (Lipinski definition) is 6. The maximum absolute atomic E-state index is 12.6. The summed E-state index contributed by atoms with van der Waals surface area (Å²) in [5, 5.41) is 3.33. The maximum Gasteiger partial charge on any atom is 0.263 e. The van der Waals surface area contributed by atoms with Crippen molar-refractivity contribution in [2.75, 3.05) is 16.6 Å². The highest BCUT2D eigenvalue weighted by atomic mass is 35.5. The van der Waals surface area contributed by atoms with Crippen LogP contribution in [0.2, 0.25) is 5.02 Å². The van der Waals surface area contributed by atoms with E-state index in [2.05, 4.69) is 20.0 Å². The lowest BCUT2D eigenvalue weighted by atomic mass is 10.1. The van der Waals surface area contributed by atoms with Gasteiger partial charge in [-0.3, -0.25) is 9.52 Å². The van der Waals surface area contributed by atoms with Gasteiger partial charge in [0.25, 0.3) is 15.9 Å². The molecule has 1 aromatic heterocycles. The first-order chi connectivity index (χ1) is 15.0. The average Bonchev–Trinajstić information content (AvgIpc) is 2.69. The Morgan fingerprint density at radius 1 is 1.00 bits per heavy atom. The van der Waals surface area contributed by atoms with E-state index in [-0.39, 0.29) is 23.2 Å². The monoisotopic (exact) mass is 474 g/mol. The van der Waals surface area contributed by atoms with Crippen LogP contribution in [0.15, 0.2) is 47.4 Å². The number of rotatable bonds is 7. The zero-order valence-electron chi connectivity index (χ0n) is 18.1. The first kappa shape index (κ1) is 23.5. The van der Waals surface area contributed by atoms with E-state index in [1.54, 1.807) is 32.0 Å². The molecule has 0 atom stereocenters. The topological polar surface area (TPSA) is 110 Å². The number of nitrogens with zero attached hydrogens (tertiary/aromatic N) is 2. The molecule has 1 amide bonds. The summed E-state index contributed by atoms with van der Waals surface area (Å²) in [5.74, 6) is 0.822. The summed E-state index contributed by atoms with van der Waals surface area (Å²) in [6.07, 6.45) is 0. The number of nitrogens with one attached hydrogen (secondary N) is 2. The number of carbonyl (C=O) groups is 1. The van der Waals surface area contributed by atoms with E-state index in [0.29, 0.717) is 28.0 Å². The molecule has 0 unspecified atom stereocenters. The first-order valence-corrected chi connectivity index (χ1v) is 11.5. The van der Waals surface area contributed by atoms with Crippen molar-refractivity contribution in [3.63, 3.8) is 0 Å². The Kier molecular flexibility index (Phi) is 7.00. The van der Waals surface area contributed by atoms with Crippen LogP contribution in [0.1, 0.15) is 22.6 Å². The molecule has 0 saturated carbocycles. The molecule has 3 aromatic rings. The molecule has 0 radical (unpaired) electrons. The van der Waals surface area contributed by atoms with Crippen LogP contribution in [0.4, 0.5) is 11.5 Å². The molecule has 0 spiro atoms. The number of benzene rings is 2. The number of sulfonamides is 1. The average molecular weight is 475 g/mol. The second-order valence-electron chi connectivity index (χ2n) is 7.28. The van der Waals surface area contributed by atoms with Gasteiger partial charge < -0.3 is 10.1 Å². The van der Waals surface area contributed by atoms with Crippen LogP contribution in [-0.4, -0.2) is 30.9 Å². The van der Waals surface area contributed by atoms with Crippen LogP contribution in [0, 0.1) is 27.7 Å². The molecule has 10 heteroatoms. The Hall–Kier alpha value is -3.17. The Morgan fingerprint density at radius 3 is 2.22 bits per heavy atom. The van der Waals surface area contributed by atoms with Crippen molar-refractivity contribution in [2.45, 2.75) is 32.6 Å². The fraction of sp³-hybridized carbons (Fsp3) is 0.227. The van der Waals surface area contributed by atoms with E-state index in [9.17, 15) is 13.2 Å². The number of carbonyl (C=O) groups excluding carboxylic acids is 1. The molecule has 0 bridgehead atoms. The number of aromatic nitrogens is 2. The Morgan fingerprint density at radius 2 is 1.62 bits per heavy atom. The van der Waals surface area contributed by atoms with E-state index in [0.717, 1.165) is 11.1 Å². The van der Waals surface area contributed by atoms with Gasteiger partial charge in [-0.2, -0.15) is 0 Å². The predicted molar refractivity (Wildman–Crippen MR) is 124 cm³/mol. The summed E-state index contributed by atoms with van der Waals surface area (Å²) in [7, 11) is -3.84. The quantitative estimate of drug-likeness (QED) is 0.531. The Labute approximate surface area is 192 Å². The van der Waals surface area contributed by atoms with Crippen LogP contribution in [0.5, 0.6) is 5.75 Å². The molecule has 1 heterocycles. The van der Waals surface area contributed by atoms with Gasteiger partial charge in [-0.05, 0) is 75.2 Å². The van der Waals surface area contributed by atoms with Crippen LogP contribution in [-0.2, 0) is 14.8 Å². The third kappa shape index (κ3) is 5.95. The summed E-state index contributed by atoms with van der Waals surface area (Å²) in [6, 6.07) is 10.9. The summed E-state index contributed by atoms with van der Waals surface area (Å²) in [5.41, 5.74) is 2.81. The molecule has 2 aromatic carbocycles. The van der Waals surface area contributed by atoms with Crippen LogP contribution in [0.3, 0.4) is 0 Å². The van der Waals surface area contributed by atoms with E-state index in [4.69, 9.17) is 16.3 Å². The molecule has 0 aliphatic rings. The van der Waals surface area contributed by atoms with Gasteiger partial charge in [0.1, 0.15) is 17.4 Å². The van der Waals surface area contributed by atoms with Crippen molar-refractivity contribution in [1.82, 2.24) is 9.97 Å². The molecule has 0 fully saturated rings. The van der Waals surface area contributed by atoms with Crippen molar-refractivity contribution in [2.24, 2.45) is 0 Å². The first-order valence-electron chi connectivity index (χ1n) is 9.68. The van der Waals surface area contributed by atoms with E-state index < -0.39 is 10.0 Å². The van der Waals surface area contributed by atoms with Crippen molar-refractivity contribution >= 4 is 39.0 Å². The number of aryl methyl sites for hydroxylation is 4. The summed E-state index contributed by atoms with van der Waals surface area (Å²) < 4.78 is 33.2. The highest BCUT2D eigenvalue weighted by Gasteiger charge is 2.16. The Bertz CT molecular complexity index is 1220. The van der Waals surface area contributed by atoms with Crippen molar-refractivity contribution < 1.29 is 17.9 Å². The number of anilines is 2. The molecular weight excluding hydrogens is 452 g/mol. The van der Waals surface area contributed by atoms with Gasteiger partial charge in [0.05, 0.1) is 4.90 Å². The van der Waals surface area contributed by atoms with Gasteiger partial charge in [-0.15, -0.1) is 0 Å². The number of hydrogen-bond donors (Lipinski definition) is 2. The number of ether oxygens (including phenoxy) is 1. The molecule has 0 aliphatic carbocycles. The van der Waals surface area contributed by atoms with Crippen LogP contribution >= 0.6 is 11.6 Å². The third-order valence-corrected chi connectivity index (χ3v) is 6.40. The van der Waals surface area contributed by atoms with Gasteiger partial charge in [0.2, 0.25) is 0 Å². The van der Waals surface area contributed by atoms with E-state index >= 15 is 0 Å². The molecule has 0 aliphatic heterocycles. The third-order valence-electron chi connectivity index (χ3n) is 4.43. The highest BCUT2D eigenvalue weighted by Crippen LogP contribution is 2.26. The lowest BCUT2D eigenvalue weighted by molar-refractivity contribution is -0.118. The van der Waals surface area contributed by atoms with Crippen molar-refractivity contribution in [3.05, 3.63) is 70.1 Å². The fourth-order valence-corrected chi connectivity index (χ4v) is 4.12. The normalized spacial score (nSPS) is 11.2. The summed E-state index contributed by atoms with van der Waals surface area (Å²) in [6.45, 7) is 6.96. The predicted octanol–water partition coefficient (Wildman–Crippen LogP) is 4.18. The standard InChI is InChI=1S/C22H23ClN4O4S/c1-13-9-18(10-14(2)22(13)23)31-12-21(28)26-17-5-7-19(8-6-17)32(29,30)27-20-11-15(3)24-16(4)25-20/h5-11H,12H2,1-4H3,(H,26,28)(H,24,25,27). The molecular formula is C22H23ClN4O4S. The number of amides is 1. The smallest absolute Gasteiger partial charge is 0.263 e. The Balaban J connectivity index is 1.61. The van der Waals surface area contributed by atoms with E-state index in [1.807, 2.05) is 13.8 Å². The minimum absolute atomic E-state index is 0.0350. The second-order valence-corrected chi connectivity index (χ2v) is 9.34. The second kappa shape index (κ2) is 9.54. The molecule has 32 heavy (non-hydrogen) atoms. The van der Waals surface area contributed by atoms with Crippen LogP contribution in [0.25, 0.3) is 0 Å². The number of halogens is 1. The lowest BCUT2D eigenvalue weighted by Gasteiger charge is -2.11. The zero-order chi connectivity index (χ0) is 23.5. The lowest BCUT2D eigenvalue weighted by Crippen LogP contribution is -2.20. The minimum Gasteiger partial charge on any atom is -0.484 e. The van der Waals surface area contributed by atoms with E-state index in [1.165, 1.54) is 24.3 Å². The van der Waals surface area contributed by atoms with Gasteiger partial charge in [0, 0.05) is 22.5 Å². The molecule has 8 nitrogen and oxygen atoms in total. The maximum atomic E-state index is 12.6. The fourth-order valence-electron chi connectivity index (χ4n) is 3.02. The van der Waals surface area contributed by atoms with Gasteiger partial charge in [0.15, 0.2) is 6.61 Å². The minimum atomic E-state index is -3.84. The van der Waals surface area contributed by atoms with Gasteiger partial charge >= 0.3 is 0 Å². The summed E-state index contributed by atoms with van der Waals surface area (Å²) >= 11 is 6.14. The van der Waals surface area contributed by atoms with Gasteiger partial charge in [-0.1, -0.05) is 11.6 Å². The molecule has 0 saturated heterocycles. The molecule has 3 rings (SSSR count). The van der Waals surface area contributed by atoms with Gasteiger partial charge in [-0.25, -0.2) is 18.4 Å². The largest absolute Gasteiger partial charge is 0.484 e. The summed E-state index contributed by atoms with van der Waals surface area (Å²) in [4.78, 5) is 20.4. The molecule has 168 valence electrons. The van der Waals surface area contributed by atoms with Crippen molar-refractivity contribution in [3.8, 4) is 5.75 Å². The molecule has 2 N–H and O–H groups in total. The SMILES string of the molecule is Cc1cc(NS(=O)(=O)c2ccc(NC(=O)COc3cc(C)c(Cl)c(C)c3)cc2)nc(C)n1. The van der Waals surface area contributed by atoms with Crippen LogP contribution < -0.4 is 14.8 Å². The van der Waals surface area contributed by atoms with Crippen molar-refractivity contribution in [1.29, 1.82) is 0 Å². The highest BCUT2D eigenvalue weighted by molar-refractivity contribution is 7.92. The zero-order valence-corrected chi connectivity index (χ0v) is 19.6.